The standard InChI is InChI=1S/C10H8N2O2S/c1-6-4-11-3-2-7(6)9-12-8(5-15-9)10(13)14/h2-5H,1H3,(H,13,14). The summed E-state index contributed by atoms with van der Waals surface area (Å²) in [6, 6.07) is 1.83. The van der Waals surface area contributed by atoms with Crippen molar-refractivity contribution in [3.05, 3.63) is 35.1 Å². The fourth-order valence-corrected chi connectivity index (χ4v) is 2.09. The van der Waals surface area contributed by atoms with Gasteiger partial charge >= 0.3 is 5.97 Å². The Balaban J connectivity index is 2.46. The van der Waals surface area contributed by atoms with Crippen LogP contribution in [0.2, 0.25) is 0 Å². The Morgan fingerprint density at radius 3 is 2.93 bits per heavy atom. The zero-order chi connectivity index (χ0) is 10.8. The monoisotopic (exact) mass is 220 g/mol. The Bertz CT molecular complexity index is 508. The van der Waals surface area contributed by atoms with Gasteiger partial charge in [0.25, 0.3) is 0 Å². The molecular weight excluding hydrogens is 212 g/mol. The summed E-state index contributed by atoms with van der Waals surface area (Å²) in [6.45, 7) is 1.92. The fourth-order valence-electron chi connectivity index (χ4n) is 1.21. The molecule has 0 amide bonds. The topological polar surface area (TPSA) is 63.1 Å². The molecule has 0 atom stereocenters. The van der Waals surface area contributed by atoms with Gasteiger partial charge in [0.15, 0.2) is 5.69 Å². The second-order valence-corrected chi connectivity index (χ2v) is 3.89. The number of hydrogen-bond donors (Lipinski definition) is 1. The molecule has 0 fully saturated rings. The summed E-state index contributed by atoms with van der Waals surface area (Å²) in [5.41, 5.74) is 2.01. The molecule has 0 radical (unpaired) electrons. The summed E-state index contributed by atoms with van der Waals surface area (Å²) in [5, 5.41) is 11.0. The number of thiazole rings is 1. The summed E-state index contributed by atoms with van der Waals surface area (Å²) in [6.07, 6.45) is 3.40. The second kappa shape index (κ2) is 3.78. The van der Waals surface area contributed by atoms with Gasteiger partial charge in [0.05, 0.1) is 0 Å². The number of carboxylic acid groups (broad SMARTS) is 1. The van der Waals surface area contributed by atoms with E-state index in [4.69, 9.17) is 5.11 Å². The van der Waals surface area contributed by atoms with Crippen LogP contribution in [0.1, 0.15) is 16.1 Å². The smallest absolute Gasteiger partial charge is 0.355 e. The maximum atomic E-state index is 10.7. The van der Waals surface area contributed by atoms with Crippen LogP contribution in [0.15, 0.2) is 23.8 Å². The largest absolute Gasteiger partial charge is 0.476 e. The van der Waals surface area contributed by atoms with E-state index in [1.165, 1.54) is 16.7 Å². The van der Waals surface area contributed by atoms with Gasteiger partial charge in [-0.05, 0) is 18.6 Å². The Labute approximate surface area is 90.3 Å². The number of aromatic carboxylic acids is 1. The first kappa shape index (κ1) is 9.79. The van der Waals surface area contributed by atoms with Crippen LogP contribution in [-0.4, -0.2) is 21.0 Å². The Kier molecular flexibility index (Phi) is 2.47. The minimum Gasteiger partial charge on any atom is -0.476 e. The van der Waals surface area contributed by atoms with Crippen molar-refractivity contribution in [2.24, 2.45) is 0 Å². The molecule has 0 bridgehead atoms. The van der Waals surface area contributed by atoms with E-state index >= 15 is 0 Å². The van der Waals surface area contributed by atoms with E-state index in [2.05, 4.69) is 9.97 Å². The molecule has 2 aromatic heterocycles. The fraction of sp³-hybridized carbons (Fsp3) is 0.100. The first-order valence-corrected chi connectivity index (χ1v) is 5.16. The van der Waals surface area contributed by atoms with E-state index in [-0.39, 0.29) is 5.69 Å². The lowest BCUT2D eigenvalue weighted by molar-refractivity contribution is 0.0691. The molecule has 2 rings (SSSR count). The normalized spacial score (nSPS) is 10.2. The number of rotatable bonds is 2. The minimum absolute atomic E-state index is 0.0891. The number of carboxylic acids is 1. The van der Waals surface area contributed by atoms with Gasteiger partial charge in [-0.3, -0.25) is 4.98 Å². The van der Waals surface area contributed by atoms with Gasteiger partial charge < -0.3 is 5.11 Å². The zero-order valence-electron chi connectivity index (χ0n) is 7.97. The van der Waals surface area contributed by atoms with Gasteiger partial charge in [0.1, 0.15) is 5.01 Å². The highest BCUT2D eigenvalue weighted by Crippen LogP contribution is 2.25. The maximum Gasteiger partial charge on any atom is 0.355 e. The predicted octanol–water partition coefficient (Wildman–Crippen LogP) is 2.21. The predicted molar refractivity (Wildman–Crippen MR) is 57.0 cm³/mol. The highest BCUT2D eigenvalue weighted by molar-refractivity contribution is 7.13. The lowest BCUT2D eigenvalue weighted by Crippen LogP contribution is -1.95. The molecule has 2 aromatic rings. The molecule has 0 aromatic carbocycles. The van der Waals surface area contributed by atoms with Crippen LogP contribution in [0.3, 0.4) is 0 Å². The first-order valence-electron chi connectivity index (χ1n) is 4.28. The van der Waals surface area contributed by atoms with Gasteiger partial charge in [-0.25, -0.2) is 9.78 Å². The zero-order valence-corrected chi connectivity index (χ0v) is 8.78. The van der Waals surface area contributed by atoms with Gasteiger partial charge in [-0.15, -0.1) is 11.3 Å². The Hall–Kier alpha value is -1.75. The van der Waals surface area contributed by atoms with Crippen molar-refractivity contribution in [1.82, 2.24) is 9.97 Å². The van der Waals surface area contributed by atoms with Crippen molar-refractivity contribution in [2.75, 3.05) is 0 Å². The summed E-state index contributed by atoms with van der Waals surface area (Å²) < 4.78 is 0. The van der Waals surface area contributed by atoms with Crippen molar-refractivity contribution >= 4 is 17.3 Å². The lowest BCUT2D eigenvalue weighted by atomic mass is 10.2. The average Bonchev–Trinajstić information content (AvgIpc) is 2.67. The van der Waals surface area contributed by atoms with Gasteiger partial charge in [0.2, 0.25) is 0 Å². The van der Waals surface area contributed by atoms with Crippen LogP contribution < -0.4 is 0 Å². The molecule has 2 heterocycles. The van der Waals surface area contributed by atoms with Gasteiger partial charge in [-0.2, -0.15) is 0 Å². The number of aryl methyl sites for hydroxylation is 1. The minimum atomic E-state index is -0.996. The van der Waals surface area contributed by atoms with Crippen LogP contribution in [0.25, 0.3) is 10.6 Å². The van der Waals surface area contributed by atoms with Crippen LogP contribution >= 0.6 is 11.3 Å². The highest BCUT2D eigenvalue weighted by Gasteiger charge is 2.11. The lowest BCUT2D eigenvalue weighted by Gasteiger charge is -1.99. The number of pyridine rings is 1. The molecule has 0 aliphatic rings. The van der Waals surface area contributed by atoms with Crippen LogP contribution in [0.5, 0.6) is 0 Å². The molecule has 0 spiro atoms. The summed E-state index contributed by atoms with van der Waals surface area (Å²) >= 11 is 1.33. The molecule has 0 aliphatic carbocycles. The van der Waals surface area contributed by atoms with Crippen molar-refractivity contribution in [2.45, 2.75) is 6.92 Å². The number of aromatic nitrogens is 2. The van der Waals surface area contributed by atoms with E-state index in [9.17, 15) is 4.79 Å². The third-order valence-electron chi connectivity index (χ3n) is 1.97. The van der Waals surface area contributed by atoms with Crippen LogP contribution in [-0.2, 0) is 0 Å². The average molecular weight is 220 g/mol. The van der Waals surface area contributed by atoms with Crippen molar-refractivity contribution in [3.8, 4) is 10.6 Å². The number of nitrogens with zero attached hydrogens (tertiary/aromatic N) is 2. The molecule has 0 saturated carbocycles. The molecule has 0 unspecified atom stereocenters. The molecule has 5 heteroatoms. The van der Waals surface area contributed by atoms with Crippen LogP contribution in [0, 0.1) is 6.92 Å². The van der Waals surface area contributed by atoms with Gasteiger partial charge in [-0.1, -0.05) is 0 Å². The molecule has 1 N–H and O–H groups in total. The van der Waals surface area contributed by atoms with E-state index in [0.29, 0.717) is 5.01 Å². The SMILES string of the molecule is Cc1cnccc1-c1nc(C(=O)O)cs1. The van der Waals surface area contributed by atoms with E-state index in [1.807, 2.05) is 13.0 Å². The second-order valence-electron chi connectivity index (χ2n) is 3.03. The summed E-state index contributed by atoms with van der Waals surface area (Å²) in [4.78, 5) is 18.7. The molecule has 0 saturated heterocycles. The van der Waals surface area contributed by atoms with Crippen LogP contribution in [0.4, 0.5) is 0 Å². The maximum absolute atomic E-state index is 10.7. The molecule has 0 aliphatic heterocycles. The molecular formula is C10H8N2O2S. The highest BCUT2D eigenvalue weighted by atomic mass is 32.1. The van der Waals surface area contributed by atoms with Crippen molar-refractivity contribution < 1.29 is 9.90 Å². The third kappa shape index (κ3) is 1.87. The van der Waals surface area contributed by atoms with E-state index in [1.54, 1.807) is 12.4 Å². The van der Waals surface area contributed by atoms with Crippen molar-refractivity contribution in [3.63, 3.8) is 0 Å². The molecule has 15 heavy (non-hydrogen) atoms. The van der Waals surface area contributed by atoms with Gasteiger partial charge in [0, 0.05) is 23.3 Å². The third-order valence-corrected chi connectivity index (χ3v) is 2.85. The quantitative estimate of drug-likeness (QED) is 0.842. The van der Waals surface area contributed by atoms with E-state index in [0.717, 1.165) is 11.1 Å². The number of carbonyl (C=O) groups is 1. The number of hydrogen-bond acceptors (Lipinski definition) is 4. The summed E-state index contributed by atoms with van der Waals surface area (Å²) in [7, 11) is 0. The summed E-state index contributed by atoms with van der Waals surface area (Å²) in [5.74, 6) is -0.996. The first-order chi connectivity index (χ1) is 7.18. The van der Waals surface area contributed by atoms with E-state index < -0.39 is 5.97 Å². The Morgan fingerprint density at radius 1 is 1.53 bits per heavy atom. The van der Waals surface area contributed by atoms with Crippen molar-refractivity contribution in [1.29, 1.82) is 0 Å². The Morgan fingerprint density at radius 2 is 2.33 bits per heavy atom. The molecule has 76 valence electrons. The molecule has 4 nitrogen and oxygen atoms in total.